The molecule has 0 aliphatic carbocycles. The van der Waals surface area contributed by atoms with Crippen molar-refractivity contribution in [2.45, 2.75) is 24.3 Å². The largest absolute Gasteiger partial charge is 0.478 e. The third-order valence-electron chi connectivity index (χ3n) is 2.58. The number of aliphatic hydroxyl groups is 1. The molecular weight excluding hydrogens is 329 g/mol. The molecule has 9 heteroatoms. The number of aliphatic hydroxyl groups excluding tert-OH is 1. The number of carbonyl (C=O) groups is 1. The van der Waals surface area contributed by atoms with Gasteiger partial charge in [-0.1, -0.05) is 30.1 Å². The first-order valence-electron chi connectivity index (χ1n) is 5.58. The van der Waals surface area contributed by atoms with Crippen LogP contribution in [0.5, 0.6) is 0 Å². The molecule has 1 atom stereocenters. The van der Waals surface area contributed by atoms with Crippen LogP contribution < -0.4 is 4.72 Å². The highest BCUT2D eigenvalue weighted by Crippen LogP contribution is 2.28. The lowest BCUT2D eigenvalue weighted by atomic mass is 10.2. The molecule has 0 fully saturated rings. The molecule has 0 aliphatic heterocycles. The quantitative estimate of drug-likeness (QED) is 0.731. The number of carboxylic acids is 1. The van der Waals surface area contributed by atoms with E-state index in [9.17, 15) is 13.2 Å². The SMILES string of the molecule is CCC(CO)NS(=O)(=O)c1cc(C(=O)O)c(Cl)cc1Cl. The molecule has 1 aromatic rings. The molecular formula is C11H13Cl2NO5S. The summed E-state index contributed by atoms with van der Waals surface area (Å²) in [6.07, 6.45) is 0.368. The van der Waals surface area contributed by atoms with Gasteiger partial charge in [0.1, 0.15) is 4.90 Å². The topological polar surface area (TPSA) is 104 Å². The van der Waals surface area contributed by atoms with Crippen molar-refractivity contribution in [1.29, 1.82) is 0 Å². The van der Waals surface area contributed by atoms with Gasteiger partial charge < -0.3 is 10.2 Å². The fourth-order valence-electron chi connectivity index (χ4n) is 1.43. The van der Waals surface area contributed by atoms with Crippen molar-refractivity contribution in [2.75, 3.05) is 6.61 Å². The lowest BCUT2D eigenvalue weighted by Crippen LogP contribution is -2.37. The summed E-state index contributed by atoms with van der Waals surface area (Å²) in [6.45, 7) is 1.31. The van der Waals surface area contributed by atoms with Gasteiger partial charge in [0.2, 0.25) is 10.0 Å². The van der Waals surface area contributed by atoms with Crippen LogP contribution in [-0.4, -0.2) is 37.2 Å². The highest BCUT2D eigenvalue weighted by atomic mass is 35.5. The van der Waals surface area contributed by atoms with Gasteiger partial charge in [-0.25, -0.2) is 17.9 Å². The van der Waals surface area contributed by atoms with E-state index in [1.54, 1.807) is 6.92 Å². The Morgan fingerprint density at radius 1 is 1.35 bits per heavy atom. The van der Waals surface area contributed by atoms with E-state index in [0.717, 1.165) is 12.1 Å². The molecule has 0 radical (unpaired) electrons. The summed E-state index contributed by atoms with van der Waals surface area (Å²) in [6, 6.07) is 1.26. The number of hydrogen-bond acceptors (Lipinski definition) is 4. The van der Waals surface area contributed by atoms with Gasteiger partial charge in [-0.3, -0.25) is 0 Å². The molecule has 0 spiro atoms. The van der Waals surface area contributed by atoms with Crippen LogP contribution in [0.4, 0.5) is 0 Å². The highest BCUT2D eigenvalue weighted by Gasteiger charge is 2.24. The summed E-state index contributed by atoms with van der Waals surface area (Å²) in [5.41, 5.74) is -0.367. The molecule has 0 heterocycles. The Morgan fingerprint density at radius 2 is 1.95 bits per heavy atom. The third kappa shape index (κ3) is 3.83. The van der Waals surface area contributed by atoms with Gasteiger partial charge in [-0.05, 0) is 18.6 Å². The monoisotopic (exact) mass is 341 g/mol. The maximum atomic E-state index is 12.1. The lowest BCUT2D eigenvalue weighted by molar-refractivity contribution is 0.0697. The summed E-state index contributed by atoms with van der Waals surface area (Å²) in [7, 11) is -4.05. The van der Waals surface area contributed by atoms with Crippen LogP contribution in [-0.2, 0) is 10.0 Å². The van der Waals surface area contributed by atoms with Gasteiger partial charge >= 0.3 is 5.97 Å². The minimum absolute atomic E-state index is 0.157. The Morgan fingerprint density at radius 3 is 2.40 bits per heavy atom. The van der Waals surface area contributed by atoms with Crippen LogP contribution in [0.1, 0.15) is 23.7 Å². The van der Waals surface area contributed by atoms with E-state index in [1.807, 2.05) is 0 Å². The Kier molecular flexibility index (Phi) is 5.79. The predicted molar refractivity (Wildman–Crippen MR) is 74.9 cm³/mol. The maximum absolute atomic E-state index is 12.1. The molecule has 6 nitrogen and oxygen atoms in total. The van der Waals surface area contributed by atoms with Crippen LogP contribution >= 0.6 is 23.2 Å². The van der Waals surface area contributed by atoms with E-state index in [-0.39, 0.29) is 22.2 Å². The average molecular weight is 342 g/mol. The number of aromatic carboxylic acids is 1. The van der Waals surface area contributed by atoms with E-state index in [2.05, 4.69) is 4.72 Å². The zero-order valence-electron chi connectivity index (χ0n) is 10.4. The normalized spacial score (nSPS) is 13.2. The minimum Gasteiger partial charge on any atom is -0.478 e. The van der Waals surface area contributed by atoms with Crippen molar-refractivity contribution < 1.29 is 23.4 Å². The fraction of sp³-hybridized carbons (Fsp3) is 0.364. The second-order valence-corrected chi connectivity index (χ2v) is 6.47. The first-order valence-corrected chi connectivity index (χ1v) is 7.82. The van der Waals surface area contributed by atoms with Crippen molar-refractivity contribution in [3.05, 3.63) is 27.7 Å². The second-order valence-electron chi connectivity index (χ2n) is 3.98. The van der Waals surface area contributed by atoms with Crippen molar-refractivity contribution in [3.8, 4) is 0 Å². The van der Waals surface area contributed by atoms with Crippen LogP contribution in [0.2, 0.25) is 10.0 Å². The summed E-state index contributed by atoms with van der Waals surface area (Å²) in [4.78, 5) is 10.6. The number of sulfonamides is 1. The van der Waals surface area contributed by atoms with E-state index >= 15 is 0 Å². The van der Waals surface area contributed by atoms with Gasteiger partial charge in [0.25, 0.3) is 0 Å². The number of hydrogen-bond donors (Lipinski definition) is 3. The summed E-state index contributed by atoms with van der Waals surface area (Å²) < 4.78 is 26.5. The van der Waals surface area contributed by atoms with Gasteiger partial charge in [-0.15, -0.1) is 0 Å². The fourth-order valence-corrected chi connectivity index (χ4v) is 3.60. The van der Waals surface area contributed by atoms with Crippen LogP contribution in [0.25, 0.3) is 0 Å². The molecule has 0 bridgehead atoms. The molecule has 0 aromatic heterocycles. The first kappa shape index (κ1) is 17.2. The molecule has 1 unspecified atom stereocenters. The Hall–Kier alpha value is -0.860. The van der Waals surface area contributed by atoms with Crippen LogP contribution in [0, 0.1) is 0 Å². The lowest BCUT2D eigenvalue weighted by Gasteiger charge is -2.15. The second kappa shape index (κ2) is 6.73. The summed E-state index contributed by atoms with van der Waals surface area (Å²) in [5.74, 6) is -1.36. The minimum atomic E-state index is -4.05. The summed E-state index contributed by atoms with van der Waals surface area (Å²) >= 11 is 11.5. The molecule has 3 N–H and O–H groups in total. The van der Waals surface area contributed by atoms with E-state index in [1.165, 1.54) is 0 Å². The van der Waals surface area contributed by atoms with Crippen molar-refractivity contribution in [2.24, 2.45) is 0 Å². The standard InChI is InChI=1S/C11H13Cl2NO5S/c1-2-6(5-15)14-20(18,19)10-3-7(11(16)17)8(12)4-9(10)13/h3-4,6,14-15H,2,5H2,1H3,(H,16,17). The van der Waals surface area contributed by atoms with Crippen LogP contribution in [0.3, 0.4) is 0 Å². The Bertz CT molecular complexity index is 613. The molecule has 0 saturated carbocycles. The molecule has 112 valence electrons. The summed E-state index contributed by atoms with van der Waals surface area (Å²) in [5, 5.41) is 17.6. The van der Waals surface area contributed by atoms with E-state index in [0.29, 0.717) is 6.42 Å². The number of carboxylic acid groups (broad SMARTS) is 1. The third-order valence-corrected chi connectivity index (χ3v) is 4.87. The molecule has 20 heavy (non-hydrogen) atoms. The van der Waals surface area contributed by atoms with Gasteiger partial charge in [0.05, 0.1) is 22.2 Å². The highest BCUT2D eigenvalue weighted by molar-refractivity contribution is 7.89. The molecule has 0 aliphatic rings. The molecule has 1 rings (SSSR count). The maximum Gasteiger partial charge on any atom is 0.337 e. The van der Waals surface area contributed by atoms with Crippen molar-refractivity contribution in [3.63, 3.8) is 0 Å². The molecule has 0 saturated heterocycles. The molecule has 0 amide bonds. The Labute approximate surface area is 126 Å². The van der Waals surface area contributed by atoms with E-state index < -0.39 is 26.9 Å². The van der Waals surface area contributed by atoms with Gasteiger partial charge in [-0.2, -0.15) is 0 Å². The van der Waals surface area contributed by atoms with Crippen molar-refractivity contribution >= 4 is 39.2 Å². The van der Waals surface area contributed by atoms with Crippen LogP contribution in [0.15, 0.2) is 17.0 Å². The first-order chi connectivity index (χ1) is 9.22. The smallest absolute Gasteiger partial charge is 0.337 e. The number of benzene rings is 1. The van der Waals surface area contributed by atoms with Gasteiger partial charge in [0.15, 0.2) is 0 Å². The Balaban J connectivity index is 3.31. The zero-order chi connectivity index (χ0) is 15.5. The molecule has 1 aromatic carbocycles. The number of nitrogens with one attached hydrogen (secondary N) is 1. The van der Waals surface area contributed by atoms with Gasteiger partial charge in [0, 0.05) is 6.04 Å². The van der Waals surface area contributed by atoms with Crippen molar-refractivity contribution in [1.82, 2.24) is 4.72 Å². The number of halogens is 2. The zero-order valence-corrected chi connectivity index (χ0v) is 12.8. The van der Waals surface area contributed by atoms with E-state index in [4.69, 9.17) is 33.4 Å². The number of rotatable bonds is 6. The predicted octanol–water partition coefficient (Wildman–Crippen LogP) is 1.74. The average Bonchev–Trinajstić information content (AvgIpc) is 2.35.